The van der Waals surface area contributed by atoms with Crippen LogP contribution in [0.4, 0.5) is 9.18 Å². The van der Waals surface area contributed by atoms with Crippen molar-refractivity contribution in [2.75, 3.05) is 13.2 Å². The van der Waals surface area contributed by atoms with Crippen molar-refractivity contribution in [1.29, 1.82) is 0 Å². The number of nitrogens with one attached hydrogen (secondary N) is 3. The average Bonchev–Trinajstić information content (AvgIpc) is 2.62. The first-order valence-corrected chi connectivity index (χ1v) is 10.8. The Labute approximate surface area is 164 Å². The fourth-order valence-corrected chi connectivity index (χ4v) is 4.08. The van der Waals surface area contributed by atoms with Crippen molar-refractivity contribution < 1.29 is 27.4 Å². The van der Waals surface area contributed by atoms with Gasteiger partial charge >= 0.3 is 6.03 Å². The van der Waals surface area contributed by atoms with Gasteiger partial charge in [0.05, 0.1) is 23.6 Å². The summed E-state index contributed by atoms with van der Waals surface area (Å²) in [6, 6.07) is 3.97. The van der Waals surface area contributed by atoms with Gasteiger partial charge in [-0.15, -0.1) is 0 Å². The minimum Gasteiger partial charge on any atom is -0.394 e. The minimum atomic E-state index is -3.72. The highest BCUT2D eigenvalue weighted by Gasteiger charge is 2.32. The Morgan fingerprint density at radius 1 is 1.29 bits per heavy atom. The predicted octanol–water partition coefficient (Wildman–Crippen LogP) is 1.11. The summed E-state index contributed by atoms with van der Waals surface area (Å²) in [5.74, 6) is -0.505. The summed E-state index contributed by atoms with van der Waals surface area (Å²) in [6.07, 6.45) is 0.875. The summed E-state index contributed by atoms with van der Waals surface area (Å²) in [6.45, 7) is 3.60. The van der Waals surface area contributed by atoms with Gasteiger partial charge < -0.3 is 20.5 Å². The van der Waals surface area contributed by atoms with Crippen LogP contribution in [-0.4, -0.2) is 57.0 Å². The lowest BCUT2D eigenvalue weighted by molar-refractivity contribution is -0.0886. The summed E-state index contributed by atoms with van der Waals surface area (Å²) >= 11 is 0. The molecule has 1 aromatic rings. The van der Waals surface area contributed by atoms with Gasteiger partial charge in [-0.05, 0) is 57.4 Å². The van der Waals surface area contributed by atoms with E-state index in [4.69, 9.17) is 4.74 Å². The molecule has 1 fully saturated rings. The summed E-state index contributed by atoms with van der Waals surface area (Å²) in [4.78, 5) is 11.8. The third-order valence-corrected chi connectivity index (χ3v) is 5.89. The summed E-state index contributed by atoms with van der Waals surface area (Å²) in [5.41, 5.74) is 0. The van der Waals surface area contributed by atoms with E-state index in [-0.39, 0.29) is 42.3 Å². The van der Waals surface area contributed by atoms with E-state index in [1.165, 1.54) is 12.1 Å². The van der Waals surface area contributed by atoms with E-state index in [1.54, 1.807) is 0 Å². The molecule has 158 valence electrons. The lowest BCUT2D eigenvalue weighted by Gasteiger charge is -2.36. The maximum absolute atomic E-state index is 12.9. The van der Waals surface area contributed by atoms with Gasteiger partial charge in [0.25, 0.3) is 0 Å². The van der Waals surface area contributed by atoms with Crippen molar-refractivity contribution >= 4 is 16.1 Å². The zero-order valence-electron chi connectivity index (χ0n) is 16.0. The van der Waals surface area contributed by atoms with Gasteiger partial charge in [0.1, 0.15) is 11.9 Å². The number of amides is 2. The Kier molecular flexibility index (Phi) is 8.17. The lowest BCUT2D eigenvalue weighted by atomic mass is 9.97. The van der Waals surface area contributed by atoms with Crippen molar-refractivity contribution in [2.24, 2.45) is 0 Å². The number of aliphatic hydroxyl groups is 1. The van der Waals surface area contributed by atoms with Crippen LogP contribution in [-0.2, 0) is 14.8 Å². The molecular weight excluding hydrogens is 389 g/mol. The van der Waals surface area contributed by atoms with Crippen LogP contribution in [0.1, 0.15) is 33.1 Å². The Morgan fingerprint density at radius 2 is 1.96 bits per heavy atom. The first-order valence-electron chi connectivity index (χ1n) is 9.30. The molecular formula is C18H28FN3O5S. The van der Waals surface area contributed by atoms with Crippen LogP contribution in [0.25, 0.3) is 0 Å². The van der Waals surface area contributed by atoms with Crippen LogP contribution in [0.2, 0.25) is 0 Å². The maximum atomic E-state index is 12.9. The van der Waals surface area contributed by atoms with Gasteiger partial charge in [0.15, 0.2) is 0 Å². The van der Waals surface area contributed by atoms with Gasteiger partial charge in [-0.3, -0.25) is 0 Å². The molecule has 0 aromatic heterocycles. The smallest absolute Gasteiger partial charge is 0.315 e. The number of ether oxygens (including phenoxy) is 1. The Balaban J connectivity index is 1.81. The number of aliphatic hydroxyl groups excluding tert-OH is 1. The van der Waals surface area contributed by atoms with Crippen LogP contribution in [0.5, 0.6) is 0 Å². The van der Waals surface area contributed by atoms with E-state index < -0.39 is 21.9 Å². The second-order valence-electron chi connectivity index (χ2n) is 7.08. The second-order valence-corrected chi connectivity index (χ2v) is 8.84. The predicted molar refractivity (Wildman–Crippen MR) is 102 cm³/mol. The highest BCUT2D eigenvalue weighted by Crippen LogP contribution is 2.22. The van der Waals surface area contributed by atoms with Crippen LogP contribution >= 0.6 is 0 Å². The molecule has 3 atom stereocenters. The van der Waals surface area contributed by atoms with E-state index in [0.717, 1.165) is 12.1 Å². The number of hydrogen-bond acceptors (Lipinski definition) is 5. The molecule has 1 heterocycles. The van der Waals surface area contributed by atoms with Gasteiger partial charge in [0.2, 0.25) is 10.0 Å². The zero-order chi connectivity index (χ0) is 20.7. The largest absolute Gasteiger partial charge is 0.394 e. The van der Waals surface area contributed by atoms with Gasteiger partial charge in [-0.1, -0.05) is 0 Å². The number of carbonyl (C=O) groups is 1. The number of halogens is 1. The molecule has 0 spiro atoms. The lowest BCUT2D eigenvalue weighted by Crippen LogP contribution is -2.54. The first-order chi connectivity index (χ1) is 13.2. The van der Waals surface area contributed by atoms with E-state index in [1.807, 2.05) is 13.8 Å². The number of sulfonamides is 1. The highest BCUT2D eigenvalue weighted by molar-refractivity contribution is 7.89. The third kappa shape index (κ3) is 6.69. The van der Waals surface area contributed by atoms with Gasteiger partial charge in [-0.25, -0.2) is 22.3 Å². The van der Waals surface area contributed by atoms with Crippen LogP contribution in [0.15, 0.2) is 29.2 Å². The molecule has 0 unspecified atom stereocenters. The van der Waals surface area contributed by atoms with Crippen LogP contribution < -0.4 is 15.4 Å². The standard InChI is InChI=1S/C18H28FN3O5S/c1-12(2)21-18(24)22-16-8-5-14(27-17(16)11-23)9-10-20-28(25,26)15-6-3-13(19)4-7-15/h3-4,6-7,12,14,16-17,20,23H,5,8-11H2,1-2H3,(H2,21,22,24)/t14-,16-,17-/m0/s1. The minimum absolute atomic E-state index is 0.000959. The number of rotatable bonds is 8. The third-order valence-electron chi connectivity index (χ3n) is 4.41. The van der Waals surface area contributed by atoms with Crippen molar-refractivity contribution in [3.8, 4) is 0 Å². The zero-order valence-corrected chi connectivity index (χ0v) is 16.8. The Bertz CT molecular complexity index is 742. The number of benzene rings is 1. The fraction of sp³-hybridized carbons (Fsp3) is 0.611. The second kappa shape index (κ2) is 10.1. The Morgan fingerprint density at radius 3 is 2.57 bits per heavy atom. The number of urea groups is 1. The van der Waals surface area contributed by atoms with Crippen molar-refractivity contribution in [2.45, 2.75) is 62.3 Å². The van der Waals surface area contributed by atoms with Crippen LogP contribution in [0, 0.1) is 5.82 Å². The molecule has 1 aromatic carbocycles. The molecule has 4 N–H and O–H groups in total. The molecule has 0 aliphatic carbocycles. The van der Waals surface area contributed by atoms with E-state index in [0.29, 0.717) is 19.3 Å². The molecule has 2 amide bonds. The normalized spacial score (nSPS) is 22.8. The first kappa shape index (κ1) is 22.5. The topological polar surface area (TPSA) is 117 Å². The molecule has 10 heteroatoms. The molecule has 1 aliphatic heterocycles. The monoisotopic (exact) mass is 417 g/mol. The van der Waals surface area contributed by atoms with E-state index in [9.17, 15) is 22.7 Å². The summed E-state index contributed by atoms with van der Waals surface area (Å²) < 4.78 is 45.6. The quantitative estimate of drug-likeness (QED) is 0.506. The number of hydrogen-bond donors (Lipinski definition) is 4. The molecule has 28 heavy (non-hydrogen) atoms. The summed E-state index contributed by atoms with van der Waals surface area (Å²) in [5, 5.41) is 15.1. The molecule has 0 radical (unpaired) electrons. The van der Waals surface area contributed by atoms with Crippen LogP contribution in [0.3, 0.4) is 0 Å². The van der Waals surface area contributed by atoms with Crippen molar-refractivity contribution in [1.82, 2.24) is 15.4 Å². The van der Waals surface area contributed by atoms with E-state index in [2.05, 4.69) is 15.4 Å². The SMILES string of the molecule is CC(C)NC(=O)N[C@H]1CC[C@@H](CCNS(=O)(=O)c2ccc(F)cc2)O[C@H]1CO. The highest BCUT2D eigenvalue weighted by atomic mass is 32.2. The van der Waals surface area contributed by atoms with Gasteiger partial charge in [-0.2, -0.15) is 0 Å². The van der Waals surface area contributed by atoms with Crippen molar-refractivity contribution in [3.63, 3.8) is 0 Å². The number of carbonyl (C=O) groups excluding carboxylic acids is 1. The molecule has 0 bridgehead atoms. The molecule has 2 rings (SSSR count). The van der Waals surface area contributed by atoms with Gasteiger partial charge in [0, 0.05) is 12.6 Å². The maximum Gasteiger partial charge on any atom is 0.315 e. The van der Waals surface area contributed by atoms with E-state index >= 15 is 0 Å². The average molecular weight is 418 g/mol. The molecule has 1 saturated heterocycles. The molecule has 1 aliphatic rings. The summed E-state index contributed by atoms with van der Waals surface area (Å²) in [7, 11) is -3.72. The molecule has 0 saturated carbocycles. The van der Waals surface area contributed by atoms with Crippen molar-refractivity contribution in [3.05, 3.63) is 30.1 Å². The fourth-order valence-electron chi connectivity index (χ4n) is 3.03. The Hall–Kier alpha value is -1.75. The molecule has 8 nitrogen and oxygen atoms in total.